The van der Waals surface area contributed by atoms with Crippen LogP contribution in [-0.2, 0) is 10.8 Å². The molecule has 16 heavy (non-hydrogen) atoms. The van der Waals surface area contributed by atoms with Gasteiger partial charge in [-0.05, 0) is 24.6 Å². The molecule has 1 aromatic rings. The zero-order valence-electron chi connectivity index (χ0n) is 9.44. The molecule has 1 aliphatic rings. The van der Waals surface area contributed by atoms with Gasteiger partial charge in [-0.1, -0.05) is 18.2 Å². The second kappa shape index (κ2) is 5.84. The van der Waals surface area contributed by atoms with Gasteiger partial charge in [-0.2, -0.15) is 0 Å². The van der Waals surface area contributed by atoms with E-state index in [9.17, 15) is 4.21 Å². The van der Waals surface area contributed by atoms with E-state index < -0.39 is 10.8 Å². The van der Waals surface area contributed by atoms with Gasteiger partial charge in [0.1, 0.15) is 0 Å². The quantitative estimate of drug-likeness (QED) is 0.818. The number of nitrogens with one attached hydrogen (secondary N) is 1. The Morgan fingerprint density at radius 3 is 3.12 bits per heavy atom. The predicted molar refractivity (Wildman–Crippen MR) is 71.5 cm³/mol. The van der Waals surface area contributed by atoms with Gasteiger partial charge in [-0.3, -0.25) is 4.21 Å². The van der Waals surface area contributed by atoms with Crippen LogP contribution in [0.2, 0.25) is 0 Å². The van der Waals surface area contributed by atoms with Gasteiger partial charge in [-0.25, -0.2) is 0 Å². The summed E-state index contributed by atoms with van der Waals surface area (Å²) in [5.41, 5.74) is 1.42. The highest BCUT2D eigenvalue weighted by Gasteiger charge is 2.21. The van der Waals surface area contributed by atoms with E-state index >= 15 is 0 Å². The Hall–Kier alpha value is -0.320. The van der Waals surface area contributed by atoms with Crippen molar-refractivity contribution in [1.82, 2.24) is 5.32 Å². The summed E-state index contributed by atoms with van der Waals surface area (Å²) in [6.07, 6.45) is 2.76. The molecule has 1 N–H and O–H groups in total. The summed E-state index contributed by atoms with van der Waals surface area (Å²) in [7, 11) is -0.659. The molecule has 2 nitrogen and oxygen atoms in total. The van der Waals surface area contributed by atoms with Gasteiger partial charge in [0.2, 0.25) is 0 Å². The number of hydrogen-bond donors (Lipinski definition) is 1. The van der Waals surface area contributed by atoms with E-state index in [0.717, 1.165) is 24.5 Å². The fourth-order valence-corrected chi connectivity index (χ4v) is 3.63. The molecular formula is C12H17NOS2. The Bertz CT molecular complexity index is 381. The molecular weight excluding hydrogens is 238 g/mol. The van der Waals surface area contributed by atoms with E-state index in [0.29, 0.717) is 6.04 Å². The fraction of sp³-hybridized carbons (Fsp3) is 0.500. The summed E-state index contributed by atoms with van der Waals surface area (Å²) in [5.74, 6) is 1.92. The second-order valence-electron chi connectivity index (χ2n) is 3.99. The lowest BCUT2D eigenvalue weighted by Gasteiger charge is -2.12. The molecule has 0 bridgehead atoms. The van der Waals surface area contributed by atoms with E-state index in [1.807, 2.05) is 11.8 Å². The molecule has 0 saturated carbocycles. The number of fused-ring (bicyclic) bond motifs is 1. The van der Waals surface area contributed by atoms with Crippen molar-refractivity contribution in [2.24, 2.45) is 0 Å². The predicted octanol–water partition coefficient (Wildman–Crippen LogP) is 2.19. The Labute approximate surface area is 104 Å². The first-order valence-electron chi connectivity index (χ1n) is 5.52. The maximum atomic E-state index is 10.9. The van der Waals surface area contributed by atoms with Gasteiger partial charge in [0, 0.05) is 39.5 Å². The third kappa shape index (κ3) is 3.09. The average molecular weight is 255 g/mol. The Morgan fingerprint density at radius 2 is 2.31 bits per heavy atom. The second-order valence-corrected chi connectivity index (χ2v) is 6.60. The van der Waals surface area contributed by atoms with Gasteiger partial charge in [-0.15, -0.1) is 11.8 Å². The molecule has 0 fully saturated rings. The van der Waals surface area contributed by atoms with E-state index in [2.05, 4.69) is 29.6 Å². The molecule has 2 unspecified atom stereocenters. The highest BCUT2D eigenvalue weighted by molar-refractivity contribution is 7.99. The molecule has 0 saturated heterocycles. The molecule has 2 atom stereocenters. The van der Waals surface area contributed by atoms with Gasteiger partial charge in [0.15, 0.2) is 0 Å². The lowest BCUT2D eigenvalue weighted by molar-refractivity contribution is 0.579. The largest absolute Gasteiger partial charge is 0.309 e. The van der Waals surface area contributed by atoms with Crippen molar-refractivity contribution in [3.63, 3.8) is 0 Å². The van der Waals surface area contributed by atoms with Gasteiger partial charge >= 0.3 is 0 Å². The Morgan fingerprint density at radius 1 is 1.50 bits per heavy atom. The molecule has 4 heteroatoms. The monoisotopic (exact) mass is 255 g/mol. The first kappa shape index (κ1) is 12.1. The van der Waals surface area contributed by atoms with Crippen molar-refractivity contribution in [2.75, 3.05) is 24.3 Å². The van der Waals surface area contributed by atoms with Crippen LogP contribution in [0, 0.1) is 0 Å². The molecule has 0 aliphatic carbocycles. The van der Waals surface area contributed by atoms with Crippen LogP contribution in [0.1, 0.15) is 18.0 Å². The third-order valence-corrected chi connectivity index (χ3v) is 4.75. The van der Waals surface area contributed by atoms with Crippen molar-refractivity contribution in [1.29, 1.82) is 0 Å². The van der Waals surface area contributed by atoms with Crippen molar-refractivity contribution >= 4 is 22.6 Å². The van der Waals surface area contributed by atoms with E-state index in [1.54, 1.807) is 6.26 Å². The number of rotatable bonds is 5. The van der Waals surface area contributed by atoms with Crippen LogP contribution in [0.5, 0.6) is 0 Å². The number of thioether (sulfide) groups is 1. The van der Waals surface area contributed by atoms with Crippen LogP contribution in [-0.4, -0.2) is 28.5 Å². The normalized spacial score (nSPS) is 20.7. The highest BCUT2D eigenvalue weighted by Crippen LogP contribution is 2.37. The first-order chi connectivity index (χ1) is 7.77. The number of benzene rings is 1. The summed E-state index contributed by atoms with van der Waals surface area (Å²) in [5, 5.41) is 3.54. The van der Waals surface area contributed by atoms with Crippen LogP contribution >= 0.6 is 11.8 Å². The SMILES string of the molecule is CS(=O)CCCNC1CSc2ccccc21. The summed E-state index contributed by atoms with van der Waals surface area (Å²) in [4.78, 5) is 1.40. The zero-order valence-corrected chi connectivity index (χ0v) is 11.1. The Kier molecular flexibility index (Phi) is 4.44. The maximum absolute atomic E-state index is 10.9. The van der Waals surface area contributed by atoms with E-state index in [1.165, 1.54) is 10.5 Å². The lowest BCUT2D eigenvalue weighted by Crippen LogP contribution is -2.23. The number of hydrogen-bond acceptors (Lipinski definition) is 3. The minimum atomic E-state index is -0.659. The molecule has 1 heterocycles. The highest BCUT2D eigenvalue weighted by atomic mass is 32.2. The fourth-order valence-electron chi connectivity index (χ4n) is 1.88. The van der Waals surface area contributed by atoms with Crippen LogP contribution in [0.15, 0.2) is 29.2 Å². The Balaban J connectivity index is 1.82. The van der Waals surface area contributed by atoms with Crippen molar-refractivity contribution < 1.29 is 4.21 Å². The molecule has 0 aromatic heterocycles. The molecule has 0 amide bonds. The van der Waals surface area contributed by atoms with E-state index in [-0.39, 0.29) is 0 Å². The van der Waals surface area contributed by atoms with Crippen LogP contribution < -0.4 is 5.32 Å². The van der Waals surface area contributed by atoms with Crippen molar-refractivity contribution in [3.8, 4) is 0 Å². The standard InChI is InChI=1S/C12H17NOS2/c1-16(14)8-4-7-13-11-9-15-12-6-3-2-5-10(11)12/h2-3,5-6,11,13H,4,7-9H2,1H3. The van der Waals surface area contributed by atoms with Crippen LogP contribution in [0.25, 0.3) is 0 Å². The van der Waals surface area contributed by atoms with Crippen molar-refractivity contribution in [2.45, 2.75) is 17.4 Å². The van der Waals surface area contributed by atoms with Crippen LogP contribution in [0.3, 0.4) is 0 Å². The van der Waals surface area contributed by atoms with Gasteiger partial charge in [0.25, 0.3) is 0 Å². The zero-order chi connectivity index (χ0) is 11.4. The van der Waals surface area contributed by atoms with Gasteiger partial charge in [0.05, 0.1) is 0 Å². The molecule has 88 valence electrons. The summed E-state index contributed by atoms with van der Waals surface area (Å²) < 4.78 is 10.9. The minimum absolute atomic E-state index is 0.478. The molecule has 0 radical (unpaired) electrons. The first-order valence-corrected chi connectivity index (χ1v) is 8.24. The molecule has 1 aliphatic heterocycles. The summed E-state index contributed by atoms with van der Waals surface area (Å²) in [6, 6.07) is 9.05. The average Bonchev–Trinajstić information content (AvgIpc) is 2.68. The molecule has 0 spiro atoms. The van der Waals surface area contributed by atoms with E-state index in [4.69, 9.17) is 0 Å². The third-order valence-electron chi connectivity index (χ3n) is 2.70. The van der Waals surface area contributed by atoms with Crippen molar-refractivity contribution in [3.05, 3.63) is 29.8 Å². The van der Waals surface area contributed by atoms with Crippen LogP contribution in [0.4, 0.5) is 0 Å². The topological polar surface area (TPSA) is 29.1 Å². The summed E-state index contributed by atoms with van der Waals surface area (Å²) >= 11 is 1.92. The smallest absolute Gasteiger partial charge is 0.0426 e. The molecule has 2 rings (SSSR count). The van der Waals surface area contributed by atoms with Gasteiger partial charge < -0.3 is 5.32 Å². The minimum Gasteiger partial charge on any atom is -0.309 e. The summed E-state index contributed by atoms with van der Waals surface area (Å²) in [6.45, 7) is 0.957. The lowest BCUT2D eigenvalue weighted by atomic mass is 10.1. The maximum Gasteiger partial charge on any atom is 0.0426 e. The molecule has 1 aromatic carbocycles.